The molecule has 1 aromatic rings. The number of methoxy groups -OCH3 is 1. The predicted octanol–water partition coefficient (Wildman–Crippen LogP) is 6.09. The van der Waals surface area contributed by atoms with Gasteiger partial charge in [-0.1, -0.05) is 63.1 Å². The van der Waals surface area contributed by atoms with Gasteiger partial charge in [-0.3, -0.25) is 9.59 Å². The summed E-state index contributed by atoms with van der Waals surface area (Å²) in [5.41, 5.74) is -4.73. The lowest BCUT2D eigenvalue weighted by Crippen LogP contribution is -2.58. The summed E-state index contributed by atoms with van der Waals surface area (Å²) in [4.78, 5) is 39.5. The number of carbonyl (C=O) groups is 3. The Morgan fingerprint density at radius 3 is 2.26 bits per heavy atom. The summed E-state index contributed by atoms with van der Waals surface area (Å²) < 4.78 is 54.6. The zero-order valence-corrected chi connectivity index (χ0v) is 23.0. The van der Waals surface area contributed by atoms with E-state index in [9.17, 15) is 32.7 Å². The number of hydrogen-bond donors (Lipinski definition) is 1. The third kappa shape index (κ3) is 4.41. The molecule has 1 unspecified atom stereocenters. The van der Waals surface area contributed by atoms with Crippen LogP contribution in [-0.2, 0) is 29.5 Å². The quantitative estimate of drug-likeness (QED) is 0.431. The summed E-state index contributed by atoms with van der Waals surface area (Å²) in [6, 6.07) is 6.63. The summed E-state index contributed by atoms with van der Waals surface area (Å²) in [6.07, 6.45) is -1.99. The largest absolute Gasteiger partial charge is 0.481 e. The van der Waals surface area contributed by atoms with Crippen molar-refractivity contribution in [3.8, 4) is 0 Å². The Kier molecular flexibility index (Phi) is 7.56. The Morgan fingerprint density at radius 2 is 1.72 bits per heavy atom. The Labute approximate surface area is 226 Å². The smallest absolute Gasteiger partial charge is 0.432 e. The fourth-order valence-electron chi connectivity index (χ4n) is 7.77. The van der Waals surface area contributed by atoms with E-state index in [0.29, 0.717) is 37.7 Å². The number of rotatable bonds is 6. The maximum atomic E-state index is 14.6. The molecule has 39 heavy (non-hydrogen) atoms. The Hall–Kier alpha value is -2.68. The second kappa shape index (κ2) is 10.1. The Morgan fingerprint density at radius 1 is 1.08 bits per heavy atom. The monoisotopic (exact) mass is 550 g/mol. The van der Waals surface area contributed by atoms with Gasteiger partial charge < -0.3 is 14.6 Å². The molecule has 3 aliphatic rings. The number of fused-ring (bicyclic) bond motifs is 3. The van der Waals surface area contributed by atoms with Crippen LogP contribution in [0, 0.1) is 34.5 Å². The van der Waals surface area contributed by atoms with Crippen LogP contribution in [0.5, 0.6) is 0 Å². The van der Waals surface area contributed by atoms with E-state index in [0.717, 1.165) is 19.2 Å². The molecule has 0 aliphatic heterocycles. The number of carboxylic acid groups (broad SMARTS) is 1. The number of ketones is 1. The molecule has 1 N–H and O–H groups in total. The van der Waals surface area contributed by atoms with Gasteiger partial charge in [0.05, 0.1) is 11.3 Å². The highest BCUT2D eigenvalue weighted by atomic mass is 19.4. The SMILES string of the molecule is CO[C@@](C(=O)O[C@@H]1C2CC[C@H]3[C@@](C)(CCC[C@]3(C)C(=O)O)C2=CC(=O)[C@H]1C(C)C)(c1ccccc1)C(F)(F)F. The van der Waals surface area contributed by atoms with Gasteiger partial charge >= 0.3 is 18.1 Å². The molecule has 0 saturated heterocycles. The molecule has 0 radical (unpaired) electrons. The van der Waals surface area contributed by atoms with E-state index >= 15 is 0 Å². The van der Waals surface area contributed by atoms with Crippen molar-refractivity contribution in [2.45, 2.75) is 77.7 Å². The minimum absolute atomic E-state index is 0.254. The number of aliphatic carboxylic acids is 1. The molecule has 9 heteroatoms. The van der Waals surface area contributed by atoms with Crippen molar-refractivity contribution in [2.75, 3.05) is 7.11 Å². The highest BCUT2D eigenvalue weighted by Gasteiger charge is 2.66. The number of halogens is 3. The van der Waals surface area contributed by atoms with E-state index in [4.69, 9.17) is 9.47 Å². The molecule has 3 aliphatic carbocycles. The van der Waals surface area contributed by atoms with Gasteiger partial charge in [-0.25, -0.2) is 4.79 Å². The van der Waals surface area contributed by atoms with E-state index in [2.05, 4.69) is 0 Å². The van der Waals surface area contributed by atoms with Crippen molar-refractivity contribution in [2.24, 2.45) is 34.5 Å². The van der Waals surface area contributed by atoms with Crippen LogP contribution in [-0.4, -0.2) is 42.2 Å². The molecule has 4 rings (SSSR count). The lowest BCUT2D eigenvalue weighted by atomic mass is 9.46. The average molecular weight is 551 g/mol. The van der Waals surface area contributed by atoms with Crippen molar-refractivity contribution < 1.29 is 42.1 Å². The first kappa shape index (κ1) is 29.3. The van der Waals surface area contributed by atoms with Gasteiger partial charge in [-0.2, -0.15) is 13.2 Å². The molecule has 1 aromatic carbocycles. The first-order valence-electron chi connectivity index (χ1n) is 13.5. The minimum atomic E-state index is -5.14. The van der Waals surface area contributed by atoms with Crippen LogP contribution >= 0.6 is 0 Å². The molecule has 214 valence electrons. The fourth-order valence-corrected chi connectivity index (χ4v) is 7.77. The summed E-state index contributed by atoms with van der Waals surface area (Å²) in [7, 11) is 0.819. The van der Waals surface area contributed by atoms with Gasteiger partial charge in [-0.05, 0) is 55.9 Å². The standard InChI is InChI=1S/C30H37F3O6/c1-17(2)23-21(34)16-20-19(12-13-22-27(20,3)14-9-15-28(22,4)25(35)36)24(23)39-26(37)29(38-5,30(31,32)33)18-10-7-6-8-11-18/h6-8,10-11,16-17,19,22-24H,9,12-15H2,1-5H3,(H,35,36)/t19?,22-,23+,24+,27-,28-,29+/m0/s1. The molecular formula is C30H37F3O6. The summed E-state index contributed by atoms with van der Waals surface area (Å²) in [6.45, 7) is 7.26. The van der Waals surface area contributed by atoms with Gasteiger partial charge in [0.15, 0.2) is 5.78 Å². The minimum Gasteiger partial charge on any atom is -0.481 e. The van der Waals surface area contributed by atoms with E-state index in [-0.39, 0.29) is 17.6 Å². The molecule has 0 heterocycles. The maximum Gasteiger partial charge on any atom is 0.432 e. The molecule has 6 nitrogen and oxygen atoms in total. The lowest BCUT2D eigenvalue weighted by Gasteiger charge is -2.58. The first-order valence-corrected chi connectivity index (χ1v) is 13.5. The summed E-state index contributed by atoms with van der Waals surface area (Å²) in [5.74, 6) is -4.72. The lowest BCUT2D eigenvalue weighted by molar-refractivity contribution is -0.280. The second-order valence-electron chi connectivity index (χ2n) is 12.1. The summed E-state index contributed by atoms with van der Waals surface area (Å²) >= 11 is 0. The van der Waals surface area contributed by atoms with E-state index in [1.54, 1.807) is 26.8 Å². The van der Waals surface area contributed by atoms with Gasteiger partial charge in [0, 0.05) is 18.6 Å². The molecule has 0 aromatic heterocycles. The van der Waals surface area contributed by atoms with Crippen LogP contribution in [0.4, 0.5) is 13.2 Å². The van der Waals surface area contributed by atoms with Crippen LogP contribution in [0.2, 0.25) is 0 Å². The van der Waals surface area contributed by atoms with Crippen molar-refractivity contribution in [1.82, 2.24) is 0 Å². The molecule has 0 bridgehead atoms. The van der Waals surface area contributed by atoms with Crippen LogP contribution in [0.25, 0.3) is 0 Å². The third-order valence-corrected chi connectivity index (χ3v) is 9.76. The number of ether oxygens (including phenoxy) is 2. The van der Waals surface area contributed by atoms with Crippen LogP contribution in [0.15, 0.2) is 42.0 Å². The molecular weight excluding hydrogens is 513 g/mol. The van der Waals surface area contributed by atoms with Crippen LogP contribution in [0.1, 0.15) is 65.4 Å². The molecule has 2 saturated carbocycles. The summed E-state index contributed by atoms with van der Waals surface area (Å²) in [5, 5.41) is 10.1. The number of alkyl halides is 3. The van der Waals surface area contributed by atoms with E-state index in [1.165, 1.54) is 18.2 Å². The zero-order chi connectivity index (χ0) is 29.0. The number of allylic oxidation sites excluding steroid dienone is 1. The normalized spacial score (nSPS) is 34.4. The fraction of sp³-hybridized carbons (Fsp3) is 0.633. The van der Waals surface area contributed by atoms with Crippen molar-refractivity contribution in [1.29, 1.82) is 0 Å². The highest BCUT2D eigenvalue weighted by Crippen LogP contribution is 2.63. The molecule has 2 fully saturated rings. The van der Waals surface area contributed by atoms with Crippen molar-refractivity contribution in [3.63, 3.8) is 0 Å². The second-order valence-corrected chi connectivity index (χ2v) is 12.1. The number of hydrogen-bond acceptors (Lipinski definition) is 5. The number of carbonyl (C=O) groups excluding carboxylic acids is 2. The van der Waals surface area contributed by atoms with Gasteiger partial charge in [-0.15, -0.1) is 0 Å². The van der Waals surface area contributed by atoms with Gasteiger partial charge in [0.2, 0.25) is 0 Å². The Balaban J connectivity index is 1.79. The topological polar surface area (TPSA) is 89.9 Å². The maximum absolute atomic E-state index is 14.6. The molecule has 0 spiro atoms. The number of benzene rings is 1. The predicted molar refractivity (Wildman–Crippen MR) is 136 cm³/mol. The van der Waals surface area contributed by atoms with Gasteiger partial charge in [0.1, 0.15) is 6.10 Å². The van der Waals surface area contributed by atoms with Crippen LogP contribution < -0.4 is 0 Å². The molecule has 7 atom stereocenters. The zero-order valence-electron chi connectivity index (χ0n) is 23.0. The van der Waals surface area contributed by atoms with Crippen LogP contribution in [0.3, 0.4) is 0 Å². The average Bonchev–Trinajstić information content (AvgIpc) is 2.84. The Bertz CT molecular complexity index is 1160. The number of carboxylic acids is 1. The van der Waals surface area contributed by atoms with Crippen molar-refractivity contribution >= 4 is 17.7 Å². The van der Waals surface area contributed by atoms with E-state index in [1.807, 2.05) is 6.92 Å². The van der Waals surface area contributed by atoms with Gasteiger partial charge in [0.25, 0.3) is 5.60 Å². The molecule has 0 amide bonds. The van der Waals surface area contributed by atoms with Crippen molar-refractivity contribution in [3.05, 3.63) is 47.5 Å². The number of esters is 1. The first-order chi connectivity index (χ1) is 18.1. The third-order valence-electron chi connectivity index (χ3n) is 9.76. The highest BCUT2D eigenvalue weighted by molar-refractivity contribution is 5.95. The van der Waals surface area contributed by atoms with E-state index < -0.39 is 58.0 Å².